The van der Waals surface area contributed by atoms with E-state index in [4.69, 9.17) is 10.5 Å². The molecule has 104 valence electrons. The van der Waals surface area contributed by atoms with Crippen molar-refractivity contribution in [1.82, 2.24) is 0 Å². The highest BCUT2D eigenvalue weighted by atomic mass is 19.1. The molecule has 0 aliphatic heterocycles. The lowest BCUT2D eigenvalue weighted by Gasteiger charge is -2.13. The molecular weight excluding hydrogens is 261 g/mol. The van der Waals surface area contributed by atoms with Crippen molar-refractivity contribution in [3.63, 3.8) is 0 Å². The van der Waals surface area contributed by atoms with Crippen molar-refractivity contribution in [2.24, 2.45) is 0 Å². The maximum absolute atomic E-state index is 13.7. The largest absolute Gasteiger partial charge is 0.465 e. The molecule has 0 bridgehead atoms. The van der Waals surface area contributed by atoms with Crippen molar-refractivity contribution in [2.75, 3.05) is 12.8 Å². The fraction of sp³-hybridized carbons (Fsp3) is 0.133. The molecule has 0 aliphatic carbocycles. The minimum atomic E-state index is -0.597. The van der Waals surface area contributed by atoms with Crippen LogP contribution in [-0.4, -0.2) is 13.1 Å². The van der Waals surface area contributed by atoms with Crippen LogP contribution in [0.4, 0.5) is 10.1 Å². The Bertz CT molecular complexity index is 656. The molecule has 0 atom stereocenters. The van der Waals surface area contributed by atoms with Crippen molar-refractivity contribution in [1.29, 1.82) is 0 Å². The Morgan fingerprint density at radius 3 is 2.70 bits per heavy atom. The topological polar surface area (TPSA) is 61.5 Å². The smallest absolute Gasteiger partial charge is 0.341 e. The van der Waals surface area contributed by atoms with E-state index in [0.29, 0.717) is 0 Å². The number of hydrogen-bond donors (Lipinski definition) is 1. The molecule has 4 nitrogen and oxygen atoms in total. The Balaban J connectivity index is 2.47. The predicted molar refractivity (Wildman–Crippen MR) is 73.4 cm³/mol. The number of para-hydroxylation sites is 1. The lowest BCUT2D eigenvalue weighted by Crippen LogP contribution is -2.06. The summed E-state index contributed by atoms with van der Waals surface area (Å²) >= 11 is 0. The van der Waals surface area contributed by atoms with Crippen LogP contribution in [0.3, 0.4) is 0 Å². The zero-order valence-electron chi connectivity index (χ0n) is 11.1. The molecule has 2 aromatic carbocycles. The zero-order valence-corrected chi connectivity index (χ0v) is 11.1. The number of hydrogen-bond acceptors (Lipinski definition) is 4. The summed E-state index contributed by atoms with van der Waals surface area (Å²) in [5.41, 5.74) is 7.00. The molecule has 0 saturated carbocycles. The molecular formula is C15H14FNO3. The van der Waals surface area contributed by atoms with E-state index in [1.165, 1.54) is 25.3 Å². The van der Waals surface area contributed by atoms with Crippen LogP contribution in [0.25, 0.3) is 0 Å². The Labute approximate surface area is 115 Å². The number of anilines is 1. The third kappa shape index (κ3) is 2.71. The van der Waals surface area contributed by atoms with Crippen LogP contribution in [0, 0.1) is 12.7 Å². The number of carbonyl (C=O) groups excluding carboxylic acids is 1. The number of carbonyl (C=O) groups is 1. The quantitative estimate of drug-likeness (QED) is 0.689. The van der Waals surface area contributed by atoms with E-state index in [9.17, 15) is 9.18 Å². The SMILES string of the molecule is COC(=O)c1cccc(N)c1Oc1cc(C)ccc1F. The molecule has 0 saturated heterocycles. The average Bonchev–Trinajstić information content (AvgIpc) is 2.44. The summed E-state index contributed by atoms with van der Waals surface area (Å²) in [6.45, 7) is 1.81. The third-order valence-electron chi connectivity index (χ3n) is 2.75. The first-order valence-electron chi connectivity index (χ1n) is 5.93. The van der Waals surface area contributed by atoms with Gasteiger partial charge in [0.2, 0.25) is 0 Å². The van der Waals surface area contributed by atoms with Gasteiger partial charge in [0.1, 0.15) is 5.56 Å². The van der Waals surface area contributed by atoms with E-state index in [1.54, 1.807) is 18.2 Å². The summed E-state index contributed by atoms with van der Waals surface area (Å²) in [5, 5.41) is 0. The molecule has 0 unspecified atom stereocenters. The highest BCUT2D eigenvalue weighted by molar-refractivity contribution is 5.94. The van der Waals surface area contributed by atoms with Crippen molar-refractivity contribution >= 4 is 11.7 Å². The predicted octanol–water partition coefficient (Wildman–Crippen LogP) is 3.30. The van der Waals surface area contributed by atoms with E-state index in [1.807, 2.05) is 6.92 Å². The van der Waals surface area contributed by atoms with E-state index in [0.717, 1.165) is 5.56 Å². The molecule has 20 heavy (non-hydrogen) atoms. The summed E-state index contributed by atoms with van der Waals surface area (Å²) in [7, 11) is 1.25. The van der Waals surface area contributed by atoms with E-state index < -0.39 is 11.8 Å². The number of nitrogens with two attached hydrogens (primary N) is 1. The number of halogens is 1. The van der Waals surface area contributed by atoms with Crippen molar-refractivity contribution in [3.8, 4) is 11.5 Å². The fourth-order valence-corrected chi connectivity index (χ4v) is 1.74. The zero-order chi connectivity index (χ0) is 14.7. The standard InChI is InChI=1S/C15H14FNO3/c1-9-6-7-11(16)13(8-9)20-14-10(15(18)19-2)4-3-5-12(14)17/h3-8H,17H2,1-2H3. The van der Waals surface area contributed by atoms with Gasteiger partial charge in [-0.3, -0.25) is 0 Å². The molecule has 2 N–H and O–H groups in total. The van der Waals surface area contributed by atoms with Gasteiger partial charge in [-0.05, 0) is 36.8 Å². The summed E-state index contributed by atoms with van der Waals surface area (Å²) < 4.78 is 23.8. The molecule has 0 aliphatic rings. The second-order valence-corrected chi connectivity index (χ2v) is 4.25. The van der Waals surface area contributed by atoms with Gasteiger partial charge >= 0.3 is 5.97 Å². The number of aryl methyl sites for hydroxylation is 1. The van der Waals surface area contributed by atoms with Gasteiger partial charge in [0.05, 0.1) is 12.8 Å². The minimum Gasteiger partial charge on any atom is -0.465 e. The first kappa shape index (κ1) is 13.9. The van der Waals surface area contributed by atoms with Gasteiger partial charge in [-0.2, -0.15) is 0 Å². The van der Waals surface area contributed by atoms with Gasteiger partial charge in [-0.25, -0.2) is 9.18 Å². The molecule has 0 heterocycles. The summed E-state index contributed by atoms with van der Waals surface area (Å²) in [4.78, 5) is 11.7. The number of methoxy groups -OCH3 is 1. The Hall–Kier alpha value is -2.56. The highest BCUT2D eigenvalue weighted by Gasteiger charge is 2.17. The van der Waals surface area contributed by atoms with Gasteiger partial charge in [0.25, 0.3) is 0 Å². The maximum atomic E-state index is 13.7. The molecule has 5 heteroatoms. The number of benzene rings is 2. The van der Waals surface area contributed by atoms with Crippen molar-refractivity contribution < 1.29 is 18.7 Å². The van der Waals surface area contributed by atoms with Crippen LogP contribution in [-0.2, 0) is 4.74 Å². The lowest BCUT2D eigenvalue weighted by atomic mass is 10.1. The van der Waals surface area contributed by atoms with Gasteiger partial charge in [-0.15, -0.1) is 0 Å². The monoisotopic (exact) mass is 275 g/mol. The highest BCUT2D eigenvalue weighted by Crippen LogP contribution is 2.33. The van der Waals surface area contributed by atoms with Gasteiger partial charge in [0.15, 0.2) is 17.3 Å². The molecule has 2 rings (SSSR count). The first-order chi connectivity index (χ1) is 9.52. The molecule has 0 radical (unpaired) electrons. The molecule has 0 spiro atoms. The van der Waals surface area contributed by atoms with Crippen LogP contribution in [0.1, 0.15) is 15.9 Å². The number of ether oxygens (including phenoxy) is 2. The summed E-state index contributed by atoms with van der Waals surface area (Å²) in [5.74, 6) is -1.04. The van der Waals surface area contributed by atoms with E-state index in [2.05, 4.69) is 4.74 Å². The Morgan fingerprint density at radius 1 is 1.25 bits per heavy atom. The van der Waals surface area contributed by atoms with Crippen LogP contribution in [0.2, 0.25) is 0 Å². The van der Waals surface area contributed by atoms with E-state index >= 15 is 0 Å². The lowest BCUT2D eigenvalue weighted by molar-refractivity contribution is 0.0598. The number of esters is 1. The molecule has 2 aromatic rings. The molecule has 0 fully saturated rings. The third-order valence-corrected chi connectivity index (χ3v) is 2.75. The second kappa shape index (κ2) is 5.61. The second-order valence-electron chi connectivity index (χ2n) is 4.25. The Morgan fingerprint density at radius 2 is 2.00 bits per heavy atom. The molecule has 0 amide bonds. The van der Waals surface area contributed by atoms with Crippen molar-refractivity contribution in [3.05, 3.63) is 53.3 Å². The Kier molecular flexibility index (Phi) is 3.89. The van der Waals surface area contributed by atoms with Crippen LogP contribution < -0.4 is 10.5 Å². The van der Waals surface area contributed by atoms with E-state index in [-0.39, 0.29) is 22.7 Å². The molecule has 0 aromatic heterocycles. The first-order valence-corrected chi connectivity index (χ1v) is 5.93. The fourth-order valence-electron chi connectivity index (χ4n) is 1.74. The maximum Gasteiger partial charge on any atom is 0.341 e. The number of nitrogen functional groups attached to an aromatic ring is 1. The summed E-state index contributed by atoms with van der Waals surface area (Å²) in [6, 6.07) is 9.12. The van der Waals surface area contributed by atoms with Gasteiger partial charge in [0, 0.05) is 0 Å². The van der Waals surface area contributed by atoms with Gasteiger partial charge < -0.3 is 15.2 Å². The van der Waals surface area contributed by atoms with Crippen LogP contribution >= 0.6 is 0 Å². The average molecular weight is 275 g/mol. The summed E-state index contributed by atoms with van der Waals surface area (Å²) in [6.07, 6.45) is 0. The number of rotatable bonds is 3. The minimum absolute atomic E-state index is 0.00746. The van der Waals surface area contributed by atoms with Crippen molar-refractivity contribution in [2.45, 2.75) is 6.92 Å². The van der Waals surface area contributed by atoms with Crippen LogP contribution in [0.5, 0.6) is 11.5 Å². The van der Waals surface area contributed by atoms with Gasteiger partial charge in [-0.1, -0.05) is 12.1 Å². The normalized spacial score (nSPS) is 10.2. The van der Waals surface area contributed by atoms with Crippen LogP contribution in [0.15, 0.2) is 36.4 Å².